The van der Waals surface area contributed by atoms with E-state index in [4.69, 9.17) is 9.84 Å². The number of carboxylic acid groups (broad SMARTS) is 1. The van der Waals surface area contributed by atoms with Gasteiger partial charge in [-0.2, -0.15) is 0 Å². The number of aliphatic carboxylic acids is 1. The molecule has 5 heteroatoms. The van der Waals surface area contributed by atoms with Crippen LogP contribution in [0.3, 0.4) is 0 Å². The highest BCUT2D eigenvalue weighted by Gasteiger charge is 2.31. The lowest BCUT2D eigenvalue weighted by molar-refractivity contribution is -0.148. The molecule has 0 bridgehead atoms. The number of hydrogen-bond acceptors (Lipinski definition) is 3. The molecule has 19 heavy (non-hydrogen) atoms. The van der Waals surface area contributed by atoms with Crippen molar-refractivity contribution in [3.05, 3.63) is 30.3 Å². The zero-order chi connectivity index (χ0) is 14.3. The number of benzene rings is 1. The molecular weight excluding hydrogens is 246 g/mol. The Morgan fingerprint density at radius 1 is 1.32 bits per heavy atom. The maximum Gasteiger partial charge on any atom is 0.311 e. The van der Waals surface area contributed by atoms with Gasteiger partial charge in [0.2, 0.25) is 0 Å². The van der Waals surface area contributed by atoms with Crippen LogP contribution in [0.25, 0.3) is 0 Å². The molecule has 1 amide bonds. The van der Waals surface area contributed by atoms with Gasteiger partial charge in [-0.05, 0) is 25.5 Å². The summed E-state index contributed by atoms with van der Waals surface area (Å²) in [6.45, 7) is 3.35. The zero-order valence-electron chi connectivity index (χ0n) is 11.2. The van der Waals surface area contributed by atoms with Crippen LogP contribution in [0.5, 0.6) is 5.75 Å². The van der Waals surface area contributed by atoms with Crippen molar-refractivity contribution in [1.82, 2.24) is 5.32 Å². The minimum Gasteiger partial charge on any atom is -0.484 e. The van der Waals surface area contributed by atoms with Crippen molar-refractivity contribution in [3.8, 4) is 5.75 Å². The Morgan fingerprint density at radius 3 is 2.47 bits per heavy atom. The number of amides is 1. The molecule has 104 valence electrons. The number of para-hydroxylation sites is 1. The summed E-state index contributed by atoms with van der Waals surface area (Å²) in [4.78, 5) is 22.6. The van der Waals surface area contributed by atoms with E-state index < -0.39 is 11.4 Å². The van der Waals surface area contributed by atoms with Crippen molar-refractivity contribution in [2.75, 3.05) is 13.2 Å². The van der Waals surface area contributed by atoms with Crippen molar-refractivity contribution < 1.29 is 19.4 Å². The molecule has 0 saturated carbocycles. The van der Waals surface area contributed by atoms with Crippen LogP contribution in [-0.4, -0.2) is 30.1 Å². The number of rotatable bonds is 7. The Balaban J connectivity index is 2.38. The molecule has 1 atom stereocenters. The first-order valence-electron chi connectivity index (χ1n) is 6.16. The van der Waals surface area contributed by atoms with Gasteiger partial charge < -0.3 is 15.2 Å². The molecule has 1 rings (SSSR count). The lowest BCUT2D eigenvalue weighted by Crippen LogP contribution is -2.42. The average molecular weight is 265 g/mol. The predicted octanol–water partition coefficient (Wildman–Crippen LogP) is 1.68. The molecule has 1 aromatic carbocycles. The molecule has 0 aliphatic carbocycles. The van der Waals surface area contributed by atoms with Gasteiger partial charge in [0.05, 0.1) is 5.41 Å². The van der Waals surface area contributed by atoms with Gasteiger partial charge in [-0.1, -0.05) is 25.1 Å². The van der Waals surface area contributed by atoms with E-state index in [1.165, 1.54) is 0 Å². The Bertz CT molecular complexity index is 432. The SMILES string of the molecule is CCC(C)(CNC(=O)COc1ccccc1)C(=O)O. The molecular formula is C14H19NO4. The Labute approximate surface area is 112 Å². The van der Waals surface area contributed by atoms with Crippen molar-refractivity contribution >= 4 is 11.9 Å². The summed E-state index contributed by atoms with van der Waals surface area (Å²) in [5.74, 6) is -0.641. The monoisotopic (exact) mass is 265 g/mol. The summed E-state index contributed by atoms with van der Waals surface area (Å²) < 4.78 is 5.27. The number of nitrogens with one attached hydrogen (secondary N) is 1. The van der Waals surface area contributed by atoms with Gasteiger partial charge in [-0.25, -0.2) is 0 Å². The van der Waals surface area contributed by atoms with Gasteiger partial charge in [0, 0.05) is 6.54 Å². The maximum absolute atomic E-state index is 11.6. The molecule has 0 aromatic heterocycles. The first kappa shape index (κ1) is 15.0. The van der Waals surface area contributed by atoms with E-state index in [0.717, 1.165) is 0 Å². The number of ether oxygens (including phenoxy) is 1. The minimum atomic E-state index is -0.942. The second-order valence-electron chi connectivity index (χ2n) is 4.60. The summed E-state index contributed by atoms with van der Waals surface area (Å²) in [5.41, 5.74) is -0.942. The molecule has 0 heterocycles. The summed E-state index contributed by atoms with van der Waals surface area (Å²) in [5, 5.41) is 11.7. The summed E-state index contributed by atoms with van der Waals surface area (Å²) in [7, 11) is 0. The highest BCUT2D eigenvalue weighted by atomic mass is 16.5. The quantitative estimate of drug-likeness (QED) is 0.786. The minimum absolute atomic E-state index is 0.0931. The zero-order valence-corrected chi connectivity index (χ0v) is 11.2. The van der Waals surface area contributed by atoms with Gasteiger partial charge >= 0.3 is 5.97 Å². The van der Waals surface area contributed by atoms with Gasteiger partial charge in [-0.3, -0.25) is 9.59 Å². The predicted molar refractivity (Wildman–Crippen MR) is 71.0 cm³/mol. The molecule has 0 radical (unpaired) electrons. The van der Waals surface area contributed by atoms with E-state index in [9.17, 15) is 9.59 Å². The Morgan fingerprint density at radius 2 is 1.95 bits per heavy atom. The van der Waals surface area contributed by atoms with Gasteiger partial charge in [-0.15, -0.1) is 0 Å². The molecule has 0 fully saturated rings. The van der Waals surface area contributed by atoms with Gasteiger partial charge in [0.1, 0.15) is 5.75 Å². The molecule has 1 unspecified atom stereocenters. The number of carbonyl (C=O) groups excluding carboxylic acids is 1. The first-order chi connectivity index (χ1) is 8.98. The number of carboxylic acids is 1. The van der Waals surface area contributed by atoms with Crippen LogP contribution in [-0.2, 0) is 9.59 Å². The van der Waals surface area contributed by atoms with E-state index in [1.807, 2.05) is 18.2 Å². The number of hydrogen-bond donors (Lipinski definition) is 2. The number of carbonyl (C=O) groups is 2. The van der Waals surface area contributed by atoms with E-state index >= 15 is 0 Å². The standard InChI is InChI=1S/C14H19NO4/c1-3-14(2,13(17)18)10-15-12(16)9-19-11-7-5-4-6-8-11/h4-8H,3,9-10H2,1-2H3,(H,15,16)(H,17,18). The van der Waals surface area contributed by atoms with Crippen LogP contribution in [0, 0.1) is 5.41 Å². The second kappa shape index (κ2) is 6.78. The topological polar surface area (TPSA) is 75.6 Å². The molecule has 2 N–H and O–H groups in total. The first-order valence-corrected chi connectivity index (χ1v) is 6.16. The fourth-order valence-corrected chi connectivity index (χ4v) is 1.36. The highest BCUT2D eigenvalue weighted by molar-refractivity contribution is 5.79. The molecule has 0 spiro atoms. The van der Waals surface area contributed by atoms with Crippen molar-refractivity contribution in [1.29, 1.82) is 0 Å². The van der Waals surface area contributed by atoms with E-state index in [1.54, 1.807) is 26.0 Å². The third-order valence-electron chi connectivity index (χ3n) is 3.09. The third kappa shape index (κ3) is 4.62. The van der Waals surface area contributed by atoms with Crippen LogP contribution in [0.2, 0.25) is 0 Å². The maximum atomic E-state index is 11.6. The average Bonchev–Trinajstić information content (AvgIpc) is 2.43. The van der Waals surface area contributed by atoms with E-state index in [-0.39, 0.29) is 19.1 Å². The largest absolute Gasteiger partial charge is 0.484 e. The van der Waals surface area contributed by atoms with E-state index in [2.05, 4.69) is 5.32 Å². The molecule has 0 saturated heterocycles. The normalized spacial score (nSPS) is 13.4. The summed E-state index contributed by atoms with van der Waals surface area (Å²) in [6, 6.07) is 8.98. The molecule has 5 nitrogen and oxygen atoms in total. The van der Waals surface area contributed by atoms with Crippen LogP contribution >= 0.6 is 0 Å². The van der Waals surface area contributed by atoms with Crippen LogP contribution in [0.1, 0.15) is 20.3 Å². The Hall–Kier alpha value is -2.04. The second-order valence-corrected chi connectivity index (χ2v) is 4.60. The van der Waals surface area contributed by atoms with Gasteiger partial charge in [0.15, 0.2) is 6.61 Å². The molecule has 0 aliphatic rings. The molecule has 0 aliphatic heterocycles. The lowest BCUT2D eigenvalue weighted by Gasteiger charge is -2.23. The van der Waals surface area contributed by atoms with Crippen molar-refractivity contribution in [2.45, 2.75) is 20.3 Å². The van der Waals surface area contributed by atoms with Crippen molar-refractivity contribution in [2.24, 2.45) is 5.41 Å². The van der Waals surface area contributed by atoms with Crippen LogP contribution < -0.4 is 10.1 Å². The van der Waals surface area contributed by atoms with E-state index in [0.29, 0.717) is 12.2 Å². The van der Waals surface area contributed by atoms with Crippen LogP contribution in [0.4, 0.5) is 0 Å². The lowest BCUT2D eigenvalue weighted by atomic mass is 9.88. The Kier molecular flexibility index (Phi) is 5.36. The summed E-state index contributed by atoms with van der Waals surface area (Å²) in [6.07, 6.45) is 0.447. The van der Waals surface area contributed by atoms with Crippen molar-refractivity contribution in [3.63, 3.8) is 0 Å². The highest BCUT2D eigenvalue weighted by Crippen LogP contribution is 2.19. The van der Waals surface area contributed by atoms with Crippen LogP contribution in [0.15, 0.2) is 30.3 Å². The fraction of sp³-hybridized carbons (Fsp3) is 0.429. The van der Waals surface area contributed by atoms with Gasteiger partial charge in [0.25, 0.3) is 5.91 Å². The summed E-state index contributed by atoms with van der Waals surface area (Å²) >= 11 is 0. The smallest absolute Gasteiger partial charge is 0.311 e. The third-order valence-corrected chi connectivity index (χ3v) is 3.09. The fourth-order valence-electron chi connectivity index (χ4n) is 1.36. The molecule has 1 aromatic rings.